The van der Waals surface area contributed by atoms with Crippen LogP contribution in [0.1, 0.15) is 13.8 Å². The van der Waals surface area contributed by atoms with E-state index in [0.717, 1.165) is 16.8 Å². The first-order chi connectivity index (χ1) is 19.9. The molecule has 0 atom stereocenters. The minimum atomic E-state index is 0.0903. The van der Waals surface area contributed by atoms with E-state index < -0.39 is 0 Å². The van der Waals surface area contributed by atoms with Crippen LogP contribution in [0, 0.1) is 0 Å². The van der Waals surface area contributed by atoms with E-state index in [4.69, 9.17) is 44.1 Å². The summed E-state index contributed by atoms with van der Waals surface area (Å²) >= 11 is 13.6. The predicted octanol–water partition coefficient (Wildman–Crippen LogP) is 5.50. The standard InChI is InChI=1S/C14H11Cl2N5O.C12H11N5OS/c1-2-22-13-11-12(20-14(17)21-13)18-6-10(19-11)7-3-4-8(15)9(16)5-7;1-2-18-11-9-10(16-12(13)17-11)14-5-8(15-9)7-3-4-19-6-7/h3-6H,2H2,1H3,(H2,17,18,20,21);3-6H,2H2,1H3,(H2,13,14,16,17). The van der Waals surface area contributed by atoms with Gasteiger partial charge >= 0.3 is 0 Å². The van der Waals surface area contributed by atoms with Gasteiger partial charge in [-0.25, -0.2) is 19.9 Å². The van der Waals surface area contributed by atoms with E-state index in [1.807, 2.05) is 36.7 Å². The lowest BCUT2D eigenvalue weighted by Gasteiger charge is -2.08. The van der Waals surface area contributed by atoms with E-state index in [1.165, 1.54) is 0 Å². The number of nitrogens with two attached hydrogens (primary N) is 2. The molecule has 0 saturated carbocycles. The lowest BCUT2D eigenvalue weighted by Crippen LogP contribution is -2.04. The third-order valence-corrected chi connectivity index (χ3v) is 6.80. The van der Waals surface area contributed by atoms with Crippen LogP contribution >= 0.6 is 34.5 Å². The van der Waals surface area contributed by atoms with Gasteiger partial charge in [0, 0.05) is 16.5 Å². The lowest BCUT2D eigenvalue weighted by atomic mass is 10.1. The molecule has 0 saturated heterocycles. The summed E-state index contributed by atoms with van der Waals surface area (Å²) in [6.45, 7) is 4.64. The van der Waals surface area contributed by atoms with E-state index in [1.54, 1.807) is 35.9 Å². The first kappa shape index (κ1) is 28.1. The summed E-state index contributed by atoms with van der Waals surface area (Å²) in [5, 5.41) is 4.92. The van der Waals surface area contributed by atoms with Gasteiger partial charge in [-0.05, 0) is 37.4 Å². The number of fused-ring (bicyclic) bond motifs is 2. The van der Waals surface area contributed by atoms with Crippen molar-refractivity contribution in [2.24, 2.45) is 0 Å². The average Bonchev–Trinajstić information content (AvgIpc) is 3.50. The highest BCUT2D eigenvalue weighted by Crippen LogP contribution is 2.29. The van der Waals surface area contributed by atoms with Gasteiger partial charge in [-0.15, -0.1) is 0 Å². The highest BCUT2D eigenvalue weighted by Gasteiger charge is 2.14. The molecule has 12 nitrogen and oxygen atoms in total. The molecule has 0 spiro atoms. The normalized spacial score (nSPS) is 10.8. The van der Waals surface area contributed by atoms with Crippen LogP contribution in [0.3, 0.4) is 0 Å². The van der Waals surface area contributed by atoms with Crippen molar-refractivity contribution < 1.29 is 9.47 Å². The zero-order chi connectivity index (χ0) is 28.9. The molecule has 0 unspecified atom stereocenters. The molecule has 0 radical (unpaired) electrons. The third kappa shape index (κ3) is 6.32. The molecule has 0 fully saturated rings. The zero-order valence-corrected chi connectivity index (χ0v) is 24.1. The van der Waals surface area contributed by atoms with E-state index >= 15 is 0 Å². The molecule has 41 heavy (non-hydrogen) atoms. The van der Waals surface area contributed by atoms with Gasteiger partial charge in [0.1, 0.15) is 0 Å². The Morgan fingerprint density at radius 3 is 1.76 bits per heavy atom. The van der Waals surface area contributed by atoms with Gasteiger partial charge in [-0.3, -0.25) is 0 Å². The molecule has 0 bridgehead atoms. The van der Waals surface area contributed by atoms with Gasteiger partial charge in [-0.1, -0.05) is 29.3 Å². The minimum absolute atomic E-state index is 0.0903. The first-order valence-electron chi connectivity index (χ1n) is 12.2. The van der Waals surface area contributed by atoms with Crippen molar-refractivity contribution in [1.29, 1.82) is 0 Å². The molecule has 6 aromatic rings. The molecule has 0 aliphatic carbocycles. The number of nitrogen functional groups attached to an aromatic ring is 2. The molecule has 6 rings (SSSR count). The largest absolute Gasteiger partial charge is 0.476 e. The van der Waals surface area contributed by atoms with Crippen LogP contribution in [0.25, 0.3) is 44.8 Å². The maximum Gasteiger partial charge on any atom is 0.247 e. The smallest absolute Gasteiger partial charge is 0.247 e. The van der Waals surface area contributed by atoms with Gasteiger partial charge in [0.15, 0.2) is 22.3 Å². The molecular formula is C26H22Cl2N10O2S. The zero-order valence-electron chi connectivity index (χ0n) is 21.7. The van der Waals surface area contributed by atoms with Gasteiger partial charge < -0.3 is 20.9 Å². The van der Waals surface area contributed by atoms with Gasteiger partial charge in [0.25, 0.3) is 0 Å². The number of thiophene rings is 1. The topological polar surface area (TPSA) is 174 Å². The van der Waals surface area contributed by atoms with Gasteiger partial charge in [-0.2, -0.15) is 31.3 Å². The van der Waals surface area contributed by atoms with E-state index in [-0.39, 0.29) is 11.9 Å². The molecule has 5 heterocycles. The number of benzene rings is 1. The van der Waals surface area contributed by atoms with Crippen molar-refractivity contribution in [3.8, 4) is 34.3 Å². The summed E-state index contributed by atoms with van der Waals surface area (Å²) in [5.41, 5.74) is 16.2. The van der Waals surface area contributed by atoms with Gasteiger partial charge in [0.05, 0.1) is 47.0 Å². The van der Waals surface area contributed by atoms with Crippen molar-refractivity contribution in [2.75, 3.05) is 24.7 Å². The Hall–Kier alpha value is -4.46. The van der Waals surface area contributed by atoms with E-state index in [0.29, 0.717) is 63.0 Å². The average molecular weight is 610 g/mol. The number of nitrogens with zero attached hydrogens (tertiary/aromatic N) is 8. The lowest BCUT2D eigenvalue weighted by molar-refractivity contribution is 0.330. The summed E-state index contributed by atoms with van der Waals surface area (Å²) < 4.78 is 10.9. The number of halogens is 2. The van der Waals surface area contributed by atoms with Crippen LogP contribution < -0.4 is 20.9 Å². The fraction of sp³-hybridized carbons (Fsp3) is 0.154. The number of anilines is 2. The number of ether oxygens (including phenoxy) is 2. The van der Waals surface area contributed by atoms with Crippen LogP contribution in [0.4, 0.5) is 11.9 Å². The molecule has 208 valence electrons. The third-order valence-electron chi connectivity index (χ3n) is 5.38. The fourth-order valence-corrected chi connectivity index (χ4v) is 4.56. The molecule has 0 amide bonds. The van der Waals surface area contributed by atoms with E-state index in [2.05, 4.69) is 39.9 Å². The summed E-state index contributed by atoms with van der Waals surface area (Å²) in [4.78, 5) is 33.8. The van der Waals surface area contributed by atoms with Crippen molar-refractivity contribution in [1.82, 2.24) is 39.9 Å². The fourth-order valence-electron chi connectivity index (χ4n) is 3.62. The SMILES string of the molecule is CCOc1nc(N)nc2ncc(-c3ccc(Cl)c(Cl)c3)nc12.CCOc1nc(N)nc2ncc(-c3ccsc3)nc12. The monoisotopic (exact) mass is 608 g/mol. The second-order valence-electron chi connectivity index (χ2n) is 8.14. The van der Waals surface area contributed by atoms with Crippen LogP contribution in [0.2, 0.25) is 10.0 Å². The summed E-state index contributed by atoms with van der Waals surface area (Å²) in [7, 11) is 0. The van der Waals surface area contributed by atoms with Crippen molar-refractivity contribution >= 4 is 68.8 Å². The second kappa shape index (κ2) is 12.4. The molecular weight excluding hydrogens is 587 g/mol. The Bertz CT molecular complexity index is 1840. The van der Waals surface area contributed by atoms with Crippen molar-refractivity contribution in [3.63, 3.8) is 0 Å². The molecule has 1 aromatic carbocycles. The minimum Gasteiger partial charge on any atom is -0.476 e. The van der Waals surface area contributed by atoms with Crippen molar-refractivity contribution in [3.05, 3.63) is 57.5 Å². The Morgan fingerprint density at radius 2 is 1.27 bits per heavy atom. The Kier molecular flexibility index (Phi) is 8.47. The molecule has 15 heteroatoms. The van der Waals surface area contributed by atoms with Crippen molar-refractivity contribution in [2.45, 2.75) is 13.8 Å². The molecule has 4 N–H and O–H groups in total. The summed E-state index contributed by atoms with van der Waals surface area (Å²) in [5.74, 6) is 0.898. The van der Waals surface area contributed by atoms with Crippen LogP contribution in [0.15, 0.2) is 47.4 Å². The van der Waals surface area contributed by atoms with E-state index in [9.17, 15) is 0 Å². The highest BCUT2D eigenvalue weighted by atomic mass is 35.5. The van der Waals surface area contributed by atoms with Crippen LogP contribution in [0.5, 0.6) is 11.8 Å². The molecule has 0 aliphatic heterocycles. The second-order valence-corrected chi connectivity index (χ2v) is 9.73. The van der Waals surface area contributed by atoms with Crippen LogP contribution in [-0.4, -0.2) is 53.1 Å². The summed E-state index contributed by atoms with van der Waals surface area (Å²) in [6.07, 6.45) is 3.26. The Labute approximate surface area is 247 Å². The Morgan fingerprint density at radius 1 is 0.707 bits per heavy atom. The van der Waals surface area contributed by atoms with Gasteiger partial charge in [0.2, 0.25) is 23.7 Å². The first-order valence-corrected chi connectivity index (χ1v) is 13.9. The summed E-state index contributed by atoms with van der Waals surface area (Å²) in [6, 6.07) is 7.22. The molecule has 0 aliphatic rings. The Balaban J connectivity index is 0.000000166. The number of rotatable bonds is 6. The van der Waals surface area contributed by atoms with Crippen LogP contribution in [-0.2, 0) is 0 Å². The number of aromatic nitrogens is 8. The predicted molar refractivity (Wildman–Crippen MR) is 160 cm³/mol. The highest BCUT2D eigenvalue weighted by molar-refractivity contribution is 7.08. The maximum absolute atomic E-state index is 6.04. The number of hydrogen-bond donors (Lipinski definition) is 2. The maximum atomic E-state index is 6.04. The molecule has 5 aromatic heterocycles. The number of hydrogen-bond acceptors (Lipinski definition) is 13. The quantitative estimate of drug-likeness (QED) is 0.243.